The standard InChI is InChI=1S/C22H28O8/c1-12(7-8-23)21(26)29-19-10-16(11-24)5-6-17(28-15(4)25)13(2)9-18-20(19)14(3)22(27)30-18/h5,7,9,17-20,23-24H,3,6,8,10-11H2,1-2,4H3/b12-7+,13-9-,16-5+/t17-,18-,19?,20+/m1/s1. The topological polar surface area (TPSA) is 119 Å². The van der Waals surface area contributed by atoms with Gasteiger partial charge in [0.1, 0.15) is 18.3 Å². The molecule has 1 aliphatic heterocycles. The van der Waals surface area contributed by atoms with Crippen molar-refractivity contribution in [3.63, 3.8) is 0 Å². The van der Waals surface area contributed by atoms with E-state index in [0.717, 1.165) is 0 Å². The van der Waals surface area contributed by atoms with Gasteiger partial charge in [-0.2, -0.15) is 0 Å². The quantitative estimate of drug-likeness (QED) is 0.297. The van der Waals surface area contributed by atoms with E-state index in [-0.39, 0.29) is 30.8 Å². The lowest BCUT2D eigenvalue weighted by Gasteiger charge is -2.29. The van der Waals surface area contributed by atoms with E-state index in [1.54, 1.807) is 19.1 Å². The van der Waals surface area contributed by atoms with Crippen LogP contribution in [0.2, 0.25) is 0 Å². The number of rotatable bonds is 5. The van der Waals surface area contributed by atoms with Crippen LogP contribution >= 0.6 is 0 Å². The minimum absolute atomic E-state index is 0.144. The van der Waals surface area contributed by atoms with Gasteiger partial charge in [-0.05, 0) is 37.1 Å². The van der Waals surface area contributed by atoms with Crippen LogP contribution in [0.25, 0.3) is 0 Å². The highest BCUT2D eigenvalue weighted by molar-refractivity contribution is 5.92. The fraction of sp³-hybridized carbons (Fsp3) is 0.500. The Bertz CT molecular complexity index is 804. The molecule has 0 saturated carbocycles. The molecule has 0 aromatic heterocycles. The van der Waals surface area contributed by atoms with Crippen molar-refractivity contribution < 1.29 is 38.8 Å². The average molecular weight is 420 g/mol. The number of hydrogen-bond acceptors (Lipinski definition) is 8. The highest BCUT2D eigenvalue weighted by Crippen LogP contribution is 2.36. The maximum absolute atomic E-state index is 12.5. The van der Waals surface area contributed by atoms with Gasteiger partial charge in [-0.25, -0.2) is 9.59 Å². The molecule has 8 nitrogen and oxygen atoms in total. The Hall–Kier alpha value is -2.71. The molecule has 2 N–H and O–H groups in total. The van der Waals surface area contributed by atoms with E-state index in [2.05, 4.69) is 6.58 Å². The van der Waals surface area contributed by atoms with Crippen LogP contribution in [0.4, 0.5) is 0 Å². The molecule has 0 bridgehead atoms. The fourth-order valence-corrected chi connectivity index (χ4v) is 3.51. The molecule has 2 aliphatic rings. The van der Waals surface area contributed by atoms with Gasteiger partial charge in [0.05, 0.1) is 19.1 Å². The first-order chi connectivity index (χ1) is 14.2. The Morgan fingerprint density at radius 1 is 1.30 bits per heavy atom. The van der Waals surface area contributed by atoms with Crippen molar-refractivity contribution >= 4 is 17.9 Å². The van der Waals surface area contributed by atoms with Crippen LogP contribution in [0.5, 0.6) is 0 Å². The van der Waals surface area contributed by atoms with Crippen LogP contribution in [0.1, 0.15) is 33.6 Å². The zero-order valence-corrected chi connectivity index (χ0v) is 17.4. The summed E-state index contributed by atoms with van der Waals surface area (Å²) in [6.07, 6.45) is 3.04. The molecule has 0 aromatic rings. The second-order valence-corrected chi connectivity index (χ2v) is 7.40. The molecule has 164 valence electrons. The number of esters is 3. The minimum atomic E-state index is -0.823. The van der Waals surface area contributed by atoms with Gasteiger partial charge in [0.25, 0.3) is 0 Å². The number of aliphatic hydroxyl groups is 2. The van der Waals surface area contributed by atoms with Gasteiger partial charge in [-0.1, -0.05) is 12.7 Å². The highest BCUT2D eigenvalue weighted by atomic mass is 16.6. The number of carbonyl (C=O) groups is 3. The molecule has 1 saturated heterocycles. The molecule has 0 amide bonds. The Balaban J connectivity index is 2.46. The summed E-state index contributed by atoms with van der Waals surface area (Å²) >= 11 is 0. The fourth-order valence-electron chi connectivity index (χ4n) is 3.51. The number of ether oxygens (including phenoxy) is 3. The van der Waals surface area contributed by atoms with Crippen LogP contribution in [0.3, 0.4) is 0 Å². The summed E-state index contributed by atoms with van der Waals surface area (Å²) in [6, 6.07) is 0. The lowest BCUT2D eigenvalue weighted by molar-refractivity contribution is -0.148. The van der Waals surface area contributed by atoms with Crippen LogP contribution in [0.15, 0.2) is 47.1 Å². The molecule has 0 radical (unpaired) electrons. The number of carbonyl (C=O) groups excluding carboxylic acids is 3. The third-order valence-corrected chi connectivity index (χ3v) is 5.17. The van der Waals surface area contributed by atoms with Gasteiger partial charge < -0.3 is 24.4 Å². The van der Waals surface area contributed by atoms with Gasteiger partial charge in [0, 0.05) is 30.9 Å². The first-order valence-corrected chi connectivity index (χ1v) is 9.70. The summed E-state index contributed by atoms with van der Waals surface area (Å²) in [7, 11) is 0. The Kier molecular flexibility index (Phi) is 8.14. The predicted molar refractivity (Wildman–Crippen MR) is 107 cm³/mol. The maximum atomic E-state index is 12.5. The number of hydrogen-bond donors (Lipinski definition) is 2. The first kappa shape index (κ1) is 23.6. The predicted octanol–water partition coefficient (Wildman–Crippen LogP) is 1.53. The SMILES string of the molecule is C=C1C(=O)O[C@@H]2/C=C(/C)[C@H](OC(C)=O)C/C=C(/CO)CC(OC(=O)/C(C)=C/CO)[C@@H]12. The molecular weight excluding hydrogens is 392 g/mol. The van der Waals surface area contributed by atoms with Crippen LogP contribution in [-0.4, -0.2) is 59.6 Å². The van der Waals surface area contributed by atoms with E-state index >= 15 is 0 Å². The lowest BCUT2D eigenvalue weighted by Crippen LogP contribution is -2.34. The molecule has 1 unspecified atom stereocenters. The van der Waals surface area contributed by atoms with Crippen molar-refractivity contribution in [1.82, 2.24) is 0 Å². The normalized spacial score (nSPS) is 30.9. The van der Waals surface area contributed by atoms with Gasteiger partial charge in [-0.3, -0.25) is 4.79 Å². The van der Waals surface area contributed by atoms with E-state index in [9.17, 15) is 19.5 Å². The van der Waals surface area contributed by atoms with Gasteiger partial charge in [0.15, 0.2) is 0 Å². The van der Waals surface area contributed by atoms with Crippen molar-refractivity contribution in [3.8, 4) is 0 Å². The Morgan fingerprint density at radius 3 is 2.60 bits per heavy atom. The van der Waals surface area contributed by atoms with Gasteiger partial charge >= 0.3 is 17.9 Å². The summed E-state index contributed by atoms with van der Waals surface area (Å²) in [5.74, 6) is -2.38. The van der Waals surface area contributed by atoms with E-state index in [1.165, 1.54) is 19.9 Å². The van der Waals surface area contributed by atoms with Crippen LogP contribution in [-0.2, 0) is 28.6 Å². The molecule has 1 fully saturated rings. The van der Waals surface area contributed by atoms with Crippen LogP contribution < -0.4 is 0 Å². The summed E-state index contributed by atoms with van der Waals surface area (Å²) in [5, 5.41) is 18.8. The zero-order valence-electron chi connectivity index (χ0n) is 17.4. The monoisotopic (exact) mass is 420 g/mol. The largest absolute Gasteiger partial charge is 0.458 e. The van der Waals surface area contributed by atoms with E-state index < -0.39 is 42.1 Å². The van der Waals surface area contributed by atoms with Crippen molar-refractivity contribution in [2.75, 3.05) is 13.2 Å². The van der Waals surface area contributed by atoms with E-state index in [4.69, 9.17) is 19.3 Å². The molecule has 30 heavy (non-hydrogen) atoms. The molecule has 8 heteroatoms. The number of aliphatic hydroxyl groups excluding tert-OH is 2. The summed E-state index contributed by atoms with van der Waals surface area (Å²) in [5.41, 5.74) is 1.61. The molecule has 4 atom stereocenters. The third-order valence-electron chi connectivity index (χ3n) is 5.17. The maximum Gasteiger partial charge on any atom is 0.334 e. The highest BCUT2D eigenvalue weighted by Gasteiger charge is 2.45. The average Bonchev–Trinajstić information content (AvgIpc) is 2.95. The Morgan fingerprint density at radius 2 is 2.00 bits per heavy atom. The second kappa shape index (κ2) is 10.4. The smallest absolute Gasteiger partial charge is 0.334 e. The molecule has 2 rings (SSSR count). The molecule has 1 heterocycles. The molecule has 0 aromatic carbocycles. The summed E-state index contributed by atoms with van der Waals surface area (Å²) in [6.45, 7) is 7.77. The number of fused-ring (bicyclic) bond motifs is 1. The van der Waals surface area contributed by atoms with Gasteiger partial charge in [-0.15, -0.1) is 0 Å². The van der Waals surface area contributed by atoms with E-state index in [1.807, 2.05) is 0 Å². The summed E-state index contributed by atoms with van der Waals surface area (Å²) in [4.78, 5) is 36.2. The van der Waals surface area contributed by atoms with Crippen LogP contribution in [0, 0.1) is 5.92 Å². The summed E-state index contributed by atoms with van der Waals surface area (Å²) < 4.78 is 16.5. The third kappa shape index (κ3) is 5.67. The first-order valence-electron chi connectivity index (χ1n) is 9.70. The molecule has 1 aliphatic carbocycles. The van der Waals surface area contributed by atoms with Crippen molar-refractivity contribution in [2.45, 2.75) is 51.9 Å². The van der Waals surface area contributed by atoms with Crippen molar-refractivity contribution in [3.05, 3.63) is 47.1 Å². The van der Waals surface area contributed by atoms with Crippen molar-refractivity contribution in [2.24, 2.45) is 5.92 Å². The van der Waals surface area contributed by atoms with Crippen molar-refractivity contribution in [1.29, 1.82) is 0 Å². The second-order valence-electron chi connectivity index (χ2n) is 7.40. The molecule has 0 spiro atoms. The Labute approximate surface area is 175 Å². The zero-order chi connectivity index (χ0) is 22.4. The molecular formula is C22H28O8. The van der Waals surface area contributed by atoms with Gasteiger partial charge in [0.2, 0.25) is 0 Å². The van der Waals surface area contributed by atoms with E-state index in [0.29, 0.717) is 17.6 Å². The lowest BCUT2D eigenvalue weighted by atomic mass is 9.85. The minimum Gasteiger partial charge on any atom is -0.458 e.